The molecule has 10 rings (SSSR count). The first kappa shape index (κ1) is 28.4. The lowest BCUT2D eigenvalue weighted by Crippen LogP contribution is -1.99. The number of hydrogen-bond donors (Lipinski definition) is 0. The fourth-order valence-corrected chi connectivity index (χ4v) is 7.75. The van der Waals surface area contributed by atoms with Crippen LogP contribution in [-0.2, 0) is 6.42 Å². The molecule has 2 heterocycles. The highest BCUT2D eigenvalue weighted by Gasteiger charge is 2.28. The first-order valence-corrected chi connectivity index (χ1v) is 17.1. The quantitative estimate of drug-likeness (QED) is 0.188. The average Bonchev–Trinajstić information content (AvgIpc) is 3.74. The molecular formula is C47H31N3. The number of rotatable bonds is 5. The van der Waals surface area contributed by atoms with E-state index in [0.717, 1.165) is 40.4 Å². The van der Waals surface area contributed by atoms with Gasteiger partial charge >= 0.3 is 0 Å². The Morgan fingerprint density at radius 1 is 0.380 bits per heavy atom. The average molecular weight is 638 g/mol. The molecule has 3 heteroatoms. The molecule has 50 heavy (non-hydrogen) atoms. The SMILES string of the molecule is c1ccc(-c2ccc3c(c2)c2ccccc2n3-c2cccc(-c3cccc4c3Cc3c(-c5ccccc5)nc(-c5ccccc5)nc3-4)c2)cc1. The monoisotopic (exact) mass is 637 g/mol. The van der Waals surface area contributed by atoms with Crippen LogP contribution in [0, 0.1) is 0 Å². The van der Waals surface area contributed by atoms with Gasteiger partial charge in [-0.25, -0.2) is 9.97 Å². The second-order valence-electron chi connectivity index (χ2n) is 13.0. The van der Waals surface area contributed by atoms with Crippen LogP contribution in [0.2, 0.25) is 0 Å². The Labute approximate surface area is 290 Å². The number of fused-ring (bicyclic) bond motifs is 6. The molecule has 0 saturated carbocycles. The van der Waals surface area contributed by atoms with Crippen LogP contribution in [0.25, 0.3) is 83.6 Å². The Balaban J connectivity index is 1.12. The van der Waals surface area contributed by atoms with E-state index < -0.39 is 0 Å². The molecule has 0 N–H and O–H groups in total. The summed E-state index contributed by atoms with van der Waals surface area (Å²) in [6.07, 6.45) is 0.780. The van der Waals surface area contributed by atoms with Crippen LogP contribution in [0.5, 0.6) is 0 Å². The zero-order valence-electron chi connectivity index (χ0n) is 27.3. The van der Waals surface area contributed by atoms with Gasteiger partial charge in [-0.3, -0.25) is 0 Å². The molecule has 0 atom stereocenters. The molecule has 0 aliphatic heterocycles. The molecule has 0 unspecified atom stereocenters. The van der Waals surface area contributed by atoms with Gasteiger partial charge in [0, 0.05) is 45.1 Å². The Kier molecular flexibility index (Phi) is 6.56. The van der Waals surface area contributed by atoms with Gasteiger partial charge in [0.2, 0.25) is 0 Å². The standard InChI is InChI=1S/C47H31N3/c1-4-14-31(15-5-1)34-26-27-44-41(29-34)38-22-10-11-25-43(38)50(44)36-21-12-20-35(28-36)37-23-13-24-39-40(37)30-42-45(32-16-6-2-7-17-32)48-47(49-46(39)42)33-18-8-3-9-19-33/h1-29H,30H2. The number of hydrogen-bond acceptors (Lipinski definition) is 2. The third kappa shape index (κ3) is 4.59. The van der Waals surface area contributed by atoms with Gasteiger partial charge < -0.3 is 4.57 Å². The minimum atomic E-state index is 0.755. The topological polar surface area (TPSA) is 30.7 Å². The van der Waals surface area contributed by atoms with Crippen LogP contribution >= 0.6 is 0 Å². The lowest BCUT2D eigenvalue weighted by atomic mass is 9.95. The van der Waals surface area contributed by atoms with Crippen molar-refractivity contribution in [1.29, 1.82) is 0 Å². The number of para-hydroxylation sites is 1. The van der Waals surface area contributed by atoms with E-state index in [2.05, 4.69) is 162 Å². The number of benzene rings is 7. The van der Waals surface area contributed by atoms with Crippen LogP contribution in [0.4, 0.5) is 0 Å². The minimum absolute atomic E-state index is 0.755. The maximum Gasteiger partial charge on any atom is 0.160 e. The smallest absolute Gasteiger partial charge is 0.160 e. The summed E-state index contributed by atoms with van der Waals surface area (Å²) in [7, 11) is 0. The fourth-order valence-electron chi connectivity index (χ4n) is 7.75. The minimum Gasteiger partial charge on any atom is -0.309 e. The molecule has 0 bridgehead atoms. The van der Waals surface area contributed by atoms with Crippen LogP contribution in [0.15, 0.2) is 176 Å². The summed E-state index contributed by atoms with van der Waals surface area (Å²) in [5.41, 5.74) is 16.3. The highest BCUT2D eigenvalue weighted by molar-refractivity contribution is 6.10. The largest absolute Gasteiger partial charge is 0.309 e. The van der Waals surface area contributed by atoms with E-state index in [4.69, 9.17) is 9.97 Å². The van der Waals surface area contributed by atoms with Crippen molar-refractivity contribution in [3.8, 4) is 61.8 Å². The lowest BCUT2D eigenvalue weighted by Gasteiger charge is -2.13. The van der Waals surface area contributed by atoms with Gasteiger partial charge in [0.1, 0.15) is 0 Å². The van der Waals surface area contributed by atoms with Crippen molar-refractivity contribution in [3.05, 3.63) is 187 Å². The summed E-state index contributed by atoms with van der Waals surface area (Å²) >= 11 is 0. The summed E-state index contributed by atoms with van der Waals surface area (Å²) in [5, 5.41) is 2.51. The second kappa shape index (κ2) is 11.5. The molecule has 9 aromatic rings. The van der Waals surface area contributed by atoms with E-state index in [0.29, 0.717) is 0 Å². The number of nitrogens with zero attached hydrogens (tertiary/aromatic N) is 3. The van der Waals surface area contributed by atoms with Crippen molar-refractivity contribution in [2.24, 2.45) is 0 Å². The van der Waals surface area contributed by atoms with Gasteiger partial charge in [-0.1, -0.05) is 146 Å². The highest BCUT2D eigenvalue weighted by atomic mass is 15.0. The first-order valence-electron chi connectivity index (χ1n) is 17.1. The molecule has 1 aliphatic rings. The molecule has 0 saturated heterocycles. The third-order valence-electron chi connectivity index (χ3n) is 10.1. The van der Waals surface area contributed by atoms with Crippen LogP contribution < -0.4 is 0 Å². The van der Waals surface area contributed by atoms with Gasteiger partial charge in [-0.15, -0.1) is 0 Å². The Morgan fingerprint density at radius 2 is 1.00 bits per heavy atom. The highest BCUT2D eigenvalue weighted by Crippen LogP contribution is 2.45. The molecule has 1 aliphatic carbocycles. The van der Waals surface area contributed by atoms with Gasteiger partial charge in [0.05, 0.1) is 22.4 Å². The van der Waals surface area contributed by atoms with E-state index in [1.807, 2.05) is 18.2 Å². The van der Waals surface area contributed by atoms with E-state index in [9.17, 15) is 0 Å². The molecule has 2 aromatic heterocycles. The lowest BCUT2D eigenvalue weighted by molar-refractivity contribution is 1.13. The van der Waals surface area contributed by atoms with Crippen molar-refractivity contribution in [2.75, 3.05) is 0 Å². The van der Waals surface area contributed by atoms with Crippen molar-refractivity contribution in [3.63, 3.8) is 0 Å². The summed E-state index contributed by atoms with van der Waals surface area (Å²) in [6, 6.07) is 62.7. The van der Waals surface area contributed by atoms with Crippen molar-refractivity contribution in [2.45, 2.75) is 6.42 Å². The van der Waals surface area contributed by atoms with E-state index in [-0.39, 0.29) is 0 Å². The predicted molar refractivity (Wildman–Crippen MR) is 206 cm³/mol. The van der Waals surface area contributed by atoms with Gasteiger partial charge in [0.25, 0.3) is 0 Å². The molecule has 0 spiro atoms. The van der Waals surface area contributed by atoms with Crippen molar-refractivity contribution in [1.82, 2.24) is 14.5 Å². The zero-order chi connectivity index (χ0) is 33.0. The molecule has 0 fully saturated rings. The van der Waals surface area contributed by atoms with Crippen LogP contribution in [0.3, 0.4) is 0 Å². The molecule has 0 amide bonds. The van der Waals surface area contributed by atoms with Gasteiger partial charge in [0.15, 0.2) is 5.82 Å². The van der Waals surface area contributed by atoms with Crippen molar-refractivity contribution >= 4 is 21.8 Å². The maximum absolute atomic E-state index is 5.23. The zero-order valence-corrected chi connectivity index (χ0v) is 27.3. The fraction of sp³-hybridized carbons (Fsp3) is 0.0213. The summed E-state index contributed by atoms with van der Waals surface area (Å²) in [4.78, 5) is 10.4. The maximum atomic E-state index is 5.23. The van der Waals surface area contributed by atoms with Gasteiger partial charge in [-0.2, -0.15) is 0 Å². The Bertz CT molecular complexity index is 2710. The Hall–Kier alpha value is -6.58. The normalized spacial score (nSPS) is 11.9. The number of aromatic nitrogens is 3. The summed E-state index contributed by atoms with van der Waals surface area (Å²) < 4.78 is 2.41. The molecule has 3 nitrogen and oxygen atoms in total. The summed E-state index contributed by atoms with van der Waals surface area (Å²) in [5.74, 6) is 0.755. The van der Waals surface area contributed by atoms with Crippen LogP contribution in [0.1, 0.15) is 11.1 Å². The predicted octanol–water partition coefficient (Wildman–Crippen LogP) is 11.8. The Morgan fingerprint density at radius 3 is 1.80 bits per heavy atom. The first-order chi connectivity index (χ1) is 24.8. The second-order valence-corrected chi connectivity index (χ2v) is 13.0. The van der Waals surface area contributed by atoms with Crippen molar-refractivity contribution < 1.29 is 0 Å². The van der Waals surface area contributed by atoms with E-state index in [1.165, 1.54) is 60.8 Å². The summed E-state index contributed by atoms with van der Waals surface area (Å²) in [6.45, 7) is 0. The van der Waals surface area contributed by atoms with Crippen LogP contribution in [-0.4, -0.2) is 14.5 Å². The molecular weight excluding hydrogens is 607 g/mol. The molecule has 234 valence electrons. The van der Waals surface area contributed by atoms with E-state index >= 15 is 0 Å². The molecule has 7 aromatic carbocycles. The molecule has 0 radical (unpaired) electrons. The third-order valence-corrected chi connectivity index (χ3v) is 10.1. The van der Waals surface area contributed by atoms with Gasteiger partial charge in [-0.05, 0) is 58.1 Å². The van der Waals surface area contributed by atoms with E-state index in [1.54, 1.807) is 0 Å².